The van der Waals surface area contributed by atoms with Gasteiger partial charge < -0.3 is 10.0 Å². The molecule has 0 saturated carbocycles. The Kier molecular flexibility index (Phi) is 6.42. The first-order valence-electron chi connectivity index (χ1n) is 9.18. The molecule has 1 fully saturated rings. The summed E-state index contributed by atoms with van der Waals surface area (Å²) in [6.07, 6.45) is -3.03. The van der Waals surface area contributed by atoms with Crippen molar-refractivity contribution in [3.63, 3.8) is 0 Å². The van der Waals surface area contributed by atoms with Crippen LogP contribution in [0.25, 0.3) is 6.08 Å². The van der Waals surface area contributed by atoms with Gasteiger partial charge in [0.15, 0.2) is 4.32 Å². The molecular formula is C21H19F3N2O2S2. The van der Waals surface area contributed by atoms with E-state index >= 15 is 0 Å². The highest BCUT2D eigenvalue weighted by molar-refractivity contribution is 8.27. The molecule has 0 unspecified atom stereocenters. The molecule has 9 heteroatoms. The number of carbonyl (C=O) groups excluding carboxylic acids is 1. The monoisotopic (exact) mass is 452 g/mol. The number of amides is 1. The van der Waals surface area contributed by atoms with Crippen molar-refractivity contribution >= 4 is 51.7 Å². The van der Waals surface area contributed by atoms with Crippen molar-refractivity contribution in [1.29, 1.82) is 0 Å². The van der Waals surface area contributed by atoms with E-state index < -0.39 is 17.6 Å². The van der Waals surface area contributed by atoms with Gasteiger partial charge in [0.05, 0.1) is 16.2 Å². The second-order valence-electron chi connectivity index (χ2n) is 6.48. The number of halogens is 3. The minimum Gasteiger partial charge on any atom is -0.507 e. The van der Waals surface area contributed by atoms with Crippen molar-refractivity contribution in [2.45, 2.75) is 20.0 Å². The zero-order valence-corrected chi connectivity index (χ0v) is 17.9. The van der Waals surface area contributed by atoms with Crippen molar-refractivity contribution in [2.75, 3.05) is 22.9 Å². The normalized spacial score (nSPS) is 15.9. The third kappa shape index (κ3) is 4.46. The maximum absolute atomic E-state index is 13.0. The molecule has 30 heavy (non-hydrogen) atoms. The number of aromatic hydroxyl groups is 1. The molecule has 1 amide bonds. The molecule has 1 saturated heterocycles. The van der Waals surface area contributed by atoms with Gasteiger partial charge in [-0.15, -0.1) is 0 Å². The number of anilines is 2. The Morgan fingerprint density at radius 3 is 2.47 bits per heavy atom. The molecule has 0 atom stereocenters. The van der Waals surface area contributed by atoms with E-state index in [2.05, 4.69) is 4.90 Å². The van der Waals surface area contributed by atoms with Crippen LogP contribution in [0.15, 0.2) is 47.4 Å². The highest BCUT2D eigenvalue weighted by Crippen LogP contribution is 2.39. The van der Waals surface area contributed by atoms with E-state index in [0.717, 1.165) is 47.6 Å². The van der Waals surface area contributed by atoms with Gasteiger partial charge in [-0.25, -0.2) is 0 Å². The van der Waals surface area contributed by atoms with Crippen molar-refractivity contribution < 1.29 is 23.1 Å². The summed E-state index contributed by atoms with van der Waals surface area (Å²) in [6, 6.07) is 9.62. The molecule has 1 aliphatic rings. The SMILES string of the molecule is CCN(CC)c1ccc(/C=C2/SC(=S)N(c3cccc(C(F)(F)F)c3)C2=O)c(O)c1. The standard InChI is InChI=1S/C21H19F3N2O2S2/c1-3-25(4-2)15-9-8-13(17(27)12-15)10-18-19(28)26(20(29)30-18)16-7-5-6-14(11-16)21(22,23)24/h5-12,27H,3-4H2,1-2H3/b18-10+. The highest BCUT2D eigenvalue weighted by atomic mass is 32.2. The Bertz CT molecular complexity index is 1020. The number of carbonyl (C=O) groups is 1. The van der Waals surface area contributed by atoms with E-state index in [1.807, 2.05) is 19.9 Å². The van der Waals surface area contributed by atoms with Crippen molar-refractivity contribution in [3.8, 4) is 5.75 Å². The Balaban J connectivity index is 1.91. The second kappa shape index (κ2) is 8.69. The van der Waals surface area contributed by atoms with Crippen LogP contribution in [0.3, 0.4) is 0 Å². The van der Waals surface area contributed by atoms with Crippen LogP contribution in [0.5, 0.6) is 5.75 Å². The molecule has 1 aliphatic heterocycles. The molecule has 0 aromatic heterocycles. The predicted molar refractivity (Wildman–Crippen MR) is 119 cm³/mol. The number of phenols is 1. The van der Waals surface area contributed by atoms with Crippen LogP contribution in [-0.2, 0) is 11.0 Å². The fraction of sp³-hybridized carbons (Fsp3) is 0.238. The molecule has 4 nitrogen and oxygen atoms in total. The van der Waals surface area contributed by atoms with Gasteiger partial charge in [-0.3, -0.25) is 9.69 Å². The van der Waals surface area contributed by atoms with Gasteiger partial charge in [0, 0.05) is 30.4 Å². The molecular weight excluding hydrogens is 433 g/mol. The van der Waals surface area contributed by atoms with Gasteiger partial charge in [-0.1, -0.05) is 30.0 Å². The number of hydrogen-bond donors (Lipinski definition) is 1. The number of benzene rings is 2. The van der Waals surface area contributed by atoms with E-state index in [9.17, 15) is 23.1 Å². The molecule has 0 spiro atoms. The van der Waals surface area contributed by atoms with E-state index in [1.165, 1.54) is 18.2 Å². The fourth-order valence-corrected chi connectivity index (χ4v) is 4.38. The predicted octanol–water partition coefficient (Wildman–Crippen LogP) is 5.66. The maximum Gasteiger partial charge on any atom is 0.416 e. The van der Waals surface area contributed by atoms with E-state index in [1.54, 1.807) is 12.1 Å². The van der Waals surface area contributed by atoms with Gasteiger partial charge in [0.1, 0.15) is 5.75 Å². The number of thioether (sulfide) groups is 1. The number of phenolic OH excluding ortho intramolecular Hbond substituents is 1. The molecule has 0 radical (unpaired) electrons. The minimum absolute atomic E-state index is 0.00346. The summed E-state index contributed by atoms with van der Waals surface area (Å²) in [5.41, 5.74) is 0.473. The molecule has 0 aliphatic carbocycles. The largest absolute Gasteiger partial charge is 0.507 e. The molecule has 1 N–H and O–H groups in total. The van der Waals surface area contributed by atoms with Gasteiger partial charge in [0.25, 0.3) is 5.91 Å². The third-order valence-electron chi connectivity index (χ3n) is 4.65. The lowest BCUT2D eigenvalue weighted by atomic mass is 10.1. The van der Waals surface area contributed by atoms with Gasteiger partial charge in [-0.2, -0.15) is 13.2 Å². The van der Waals surface area contributed by atoms with Crippen molar-refractivity contribution in [2.24, 2.45) is 0 Å². The van der Waals surface area contributed by atoms with Crippen LogP contribution in [0, 0.1) is 0 Å². The Morgan fingerprint density at radius 1 is 1.17 bits per heavy atom. The first kappa shape index (κ1) is 22.2. The average Bonchev–Trinajstić information content (AvgIpc) is 2.97. The second-order valence-corrected chi connectivity index (χ2v) is 8.16. The molecule has 2 aromatic carbocycles. The molecule has 2 aromatic rings. The fourth-order valence-electron chi connectivity index (χ4n) is 3.09. The van der Waals surface area contributed by atoms with Crippen LogP contribution >= 0.6 is 24.0 Å². The number of rotatable bonds is 5. The van der Waals surface area contributed by atoms with Crippen LogP contribution in [0.4, 0.5) is 24.5 Å². The smallest absolute Gasteiger partial charge is 0.416 e. The lowest BCUT2D eigenvalue weighted by molar-refractivity contribution is -0.137. The lowest BCUT2D eigenvalue weighted by Crippen LogP contribution is -2.27. The van der Waals surface area contributed by atoms with Crippen LogP contribution < -0.4 is 9.80 Å². The Labute approximate surface area is 182 Å². The zero-order valence-electron chi connectivity index (χ0n) is 16.2. The first-order chi connectivity index (χ1) is 14.2. The van der Waals surface area contributed by atoms with Crippen LogP contribution in [0.2, 0.25) is 0 Å². The third-order valence-corrected chi connectivity index (χ3v) is 5.96. The molecule has 0 bridgehead atoms. The molecule has 1 heterocycles. The summed E-state index contributed by atoms with van der Waals surface area (Å²) in [4.78, 5) is 16.2. The highest BCUT2D eigenvalue weighted by Gasteiger charge is 2.36. The summed E-state index contributed by atoms with van der Waals surface area (Å²) >= 11 is 6.20. The first-order valence-corrected chi connectivity index (χ1v) is 10.4. The number of alkyl halides is 3. The molecule has 158 valence electrons. The summed E-state index contributed by atoms with van der Waals surface area (Å²) < 4.78 is 39.2. The van der Waals surface area contributed by atoms with Crippen molar-refractivity contribution in [3.05, 3.63) is 58.5 Å². The topological polar surface area (TPSA) is 43.8 Å². The zero-order chi connectivity index (χ0) is 22.1. The maximum atomic E-state index is 13.0. The minimum atomic E-state index is -4.52. The van der Waals surface area contributed by atoms with E-state index in [0.29, 0.717) is 5.56 Å². The molecule has 3 rings (SSSR count). The van der Waals surface area contributed by atoms with Crippen molar-refractivity contribution in [1.82, 2.24) is 0 Å². The summed E-state index contributed by atoms with van der Waals surface area (Å²) in [5.74, 6) is -0.528. The van der Waals surface area contributed by atoms with Gasteiger partial charge in [-0.05, 0) is 50.3 Å². The van der Waals surface area contributed by atoms with Gasteiger partial charge >= 0.3 is 6.18 Å². The number of hydrogen-bond acceptors (Lipinski definition) is 5. The summed E-state index contributed by atoms with van der Waals surface area (Å²) in [6.45, 7) is 5.58. The number of nitrogens with zero attached hydrogens (tertiary/aromatic N) is 2. The average molecular weight is 453 g/mol. The van der Waals surface area contributed by atoms with Gasteiger partial charge in [0.2, 0.25) is 0 Å². The Hall–Kier alpha value is -2.52. The van der Waals surface area contributed by atoms with E-state index in [-0.39, 0.29) is 20.7 Å². The quantitative estimate of drug-likeness (QED) is 0.468. The summed E-state index contributed by atoms with van der Waals surface area (Å²) in [7, 11) is 0. The van der Waals surface area contributed by atoms with Crippen LogP contribution in [-0.4, -0.2) is 28.4 Å². The number of thiocarbonyl (C=S) groups is 1. The Morgan fingerprint density at radius 2 is 1.87 bits per heavy atom. The summed E-state index contributed by atoms with van der Waals surface area (Å²) in [5, 5.41) is 10.4. The van der Waals surface area contributed by atoms with Crippen LogP contribution in [0.1, 0.15) is 25.0 Å². The lowest BCUT2D eigenvalue weighted by Gasteiger charge is -2.21. The van der Waals surface area contributed by atoms with E-state index in [4.69, 9.17) is 12.2 Å².